The van der Waals surface area contributed by atoms with Gasteiger partial charge in [-0.05, 0) is 50.7 Å². The van der Waals surface area contributed by atoms with Gasteiger partial charge in [-0.2, -0.15) is 13.2 Å². The van der Waals surface area contributed by atoms with Crippen LogP contribution < -0.4 is 0 Å². The summed E-state index contributed by atoms with van der Waals surface area (Å²) < 4.78 is 37.2. The van der Waals surface area contributed by atoms with Gasteiger partial charge in [0.15, 0.2) is 0 Å². The molecule has 10 heteroatoms. The van der Waals surface area contributed by atoms with Gasteiger partial charge in [-0.15, -0.1) is 0 Å². The van der Waals surface area contributed by atoms with Crippen LogP contribution in [0.1, 0.15) is 41.9 Å². The summed E-state index contributed by atoms with van der Waals surface area (Å²) in [5.41, 5.74) is 1.50. The second-order valence-electron chi connectivity index (χ2n) is 8.23. The fourth-order valence-electron chi connectivity index (χ4n) is 4.62. The summed E-state index contributed by atoms with van der Waals surface area (Å²) in [7, 11) is 0. The number of halogens is 3. The number of carboxylic acids is 1. The molecule has 0 bridgehead atoms. The van der Waals surface area contributed by atoms with Crippen LogP contribution in [0.2, 0.25) is 0 Å². The quantitative estimate of drug-likeness (QED) is 0.774. The summed E-state index contributed by atoms with van der Waals surface area (Å²) in [6.45, 7) is 6.93. The highest BCUT2D eigenvalue weighted by atomic mass is 19.4. The summed E-state index contributed by atoms with van der Waals surface area (Å²) in [6, 6.07) is 6.63. The second kappa shape index (κ2) is 9.95. The molecule has 3 saturated heterocycles. The number of nitrogens with zero attached hydrogens (tertiary/aromatic N) is 3. The van der Waals surface area contributed by atoms with Gasteiger partial charge in [0.1, 0.15) is 5.69 Å². The number of hydrogen-bond donors (Lipinski definition) is 1. The van der Waals surface area contributed by atoms with E-state index in [-0.39, 0.29) is 5.91 Å². The van der Waals surface area contributed by atoms with Crippen molar-refractivity contribution in [2.45, 2.75) is 50.9 Å². The van der Waals surface area contributed by atoms with Crippen LogP contribution in [0.15, 0.2) is 18.2 Å². The highest BCUT2D eigenvalue weighted by Gasteiger charge is 2.45. The number of aromatic nitrogens is 1. The minimum atomic E-state index is -5.08. The van der Waals surface area contributed by atoms with E-state index in [4.69, 9.17) is 14.6 Å². The minimum Gasteiger partial charge on any atom is -0.475 e. The maximum Gasteiger partial charge on any atom is 0.490 e. The van der Waals surface area contributed by atoms with E-state index in [9.17, 15) is 18.0 Å². The van der Waals surface area contributed by atoms with E-state index in [0.29, 0.717) is 17.8 Å². The van der Waals surface area contributed by atoms with Gasteiger partial charge < -0.3 is 14.7 Å². The van der Waals surface area contributed by atoms with Crippen molar-refractivity contribution in [3.05, 3.63) is 29.6 Å². The lowest BCUT2D eigenvalue weighted by Gasteiger charge is -2.30. The average molecular weight is 443 g/mol. The third kappa shape index (κ3) is 5.94. The Morgan fingerprint density at radius 2 is 1.77 bits per heavy atom. The molecule has 4 rings (SSSR count). The molecule has 4 heterocycles. The van der Waals surface area contributed by atoms with Gasteiger partial charge >= 0.3 is 12.1 Å². The first-order chi connectivity index (χ1) is 14.7. The van der Waals surface area contributed by atoms with Crippen LogP contribution in [0.5, 0.6) is 0 Å². The van der Waals surface area contributed by atoms with Crippen molar-refractivity contribution in [3.63, 3.8) is 0 Å². The van der Waals surface area contributed by atoms with Crippen LogP contribution >= 0.6 is 0 Å². The number of likely N-dealkylation sites (tertiary alicyclic amines) is 2. The molecule has 7 nitrogen and oxygen atoms in total. The van der Waals surface area contributed by atoms with Crippen LogP contribution in [0.3, 0.4) is 0 Å². The minimum absolute atomic E-state index is 0.110. The summed E-state index contributed by atoms with van der Waals surface area (Å²) in [5.74, 6) is -1.88. The predicted molar refractivity (Wildman–Crippen MR) is 106 cm³/mol. The number of alkyl halides is 3. The van der Waals surface area contributed by atoms with Crippen molar-refractivity contribution < 1.29 is 32.6 Å². The molecule has 1 aromatic rings. The second-order valence-corrected chi connectivity index (χ2v) is 8.23. The summed E-state index contributed by atoms with van der Waals surface area (Å²) >= 11 is 0. The normalized spacial score (nSPS) is 24.5. The molecule has 31 heavy (non-hydrogen) atoms. The Morgan fingerprint density at radius 3 is 2.39 bits per heavy atom. The Labute approximate surface area is 179 Å². The van der Waals surface area contributed by atoms with E-state index in [1.807, 2.05) is 25.1 Å². The van der Waals surface area contributed by atoms with E-state index in [0.717, 1.165) is 50.8 Å². The third-order valence-electron chi connectivity index (χ3n) is 6.14. The Morgan fingerprint density at radius 1 is 1.13 bits per heavy atom. The molecule has 0 unspecified atom stereocenters. The molecule has 0 saturated carbocycles. The van der Waals surface area contributed by atoms with E-state index >= 15 is 0 Å². The van der Waals surface area contributed by atoms with E-state index in [1.54, 1.807) is 0 Å². The van der Waals surface area contributed by atoms with Crippen molar-refractivity contribution in [2.75, 3.05) is 32.8 Å². The van der Waals surface area contributed by atoms with Crippen molar-refractivity contribution in [3.8, 4) is 0 Å². The average Bonchev–Trinajstić information content (AvgIpc) is 3.31. The highest BCUT2D eigenvalue weighted by Crippen LogP contribution is 2.33. The smallest absolute Gasteiger partial charge is 0.475 e. The van der Waals surface area contributed by atoms with Gasteiger partial charge in [-0.25, -0.2) is 9.78 Å². The highest BCUT2D eigenvalue weighted by molar-refractivity contribution is 5.92. The van der Waals surface area contributed by atoms with Gasteiger partial charge in [0, 0.05) is 50.6 Å². The lowest BCUT2D eigenvalue weighted by atomic mass is 9.99. The summed E-state index contributed by atoms with van der Waals surface area (Å²) in [4.78, 5) is 30.9. The number of aliphatic carboxylic acids is 1. The van der Waals surface area contributed by atoms with Crippen LogP contribution in [0, 0.1) is 12.8 Å². The van der Waals surface area contributed by atoms with Gasteiger partial charge in [0.05, 0.1) is 0 Å². The van der Waals surface area contributed by atoms with Crippen LogP contribution in [0.25, 0.3) is 0 Å². The number of carboxylic acid groups (broad SMARTS) is 1. The van der Waals surface area contributed by atoms with Gasteiger partial charge in [0.25, 0.3) is 5.91 Å². The lowest BCUT2D eigenvalue weighted by molar-refractivity contribution is -0.192. The maximum absolute atomic E-state index is 12.9. The lowest BCUT2D eigenvalue weighted by Crippen LogP contribution is -2.41. The SMILES string of the molecule is Cc1cccc(C(=O)N2CC[C@H]3[C@H]2CCN3CC2CCOCC2)n1.O=C(O)C(F)(F)F. The molecule has 0 spiro atoms. The molecule has 3 aliphatic heterocycles. The molecule has 1 amide bonds. The molecular formula is C21H28F3N3O4. The molecule has 3 fully saturated rings. The topological polar surface area (TPSA) is 83.0 Å². The molecule has 1 N–H and O–H groups in total. The zero-order chi connectivity index (χ0) is 22.6. The zero-order valence-corrected chi connectivity index (χ0v) is 17.5. The molecule has 0 aliphatic carbocycles. The Bertz CT molecular complexity index is 783. The van der Waals surface area contributed by atoms with Crippen LogP contribution in [0.4, 0.5) is 13.2 Å². The largest absolute Gasteiger partial charge is 0.490 e. The number of pyridine rings is 1. The number of rotatable bonds is 3. The number of aryl methyl sites for hydroxylation is 1. The Hall–Kier alpha value is -2.20. The van der Waals surface area contributed by atoms with Crippen LogP contribution in [-0.2, 0) is 9.53 Å². The first kappa shape index (κ1) is 23.5. The van der Waals surface area contributed by atoms with E-state index in [2.05, 4.69) is 14.8 Å². The molecule has 2 atom stereocenters. The van der Waals surface area contributed by atoms with E-state index in [1.165, 1.54) is 19.4 Å². The summed E-state index contributed by atoms with van der Waals surface area (Å²) in [6.07, 6.45) is -0.510. The zero-order valence-electron chi connectivity index (χ0n) is 17.5. The Balaban J connectivity index is 0.000000339. The number of carbonyl (C=O) groups excluding carboxylic acids is 1. The molecule has 0 aromatic carbocycles. The number of hydrogen-bond acceptors (Lipinski definition) is 5. The number of ether oxygens (including phenoxy) is 1. The number of fused-ring (bicyclic) bond motifs is 1. The third-order valence-corrected chi connectivity index (χ3v) is 6.14. The predicted octanol–water partition coefficient (Wildman–Crippen LogP) is 2.74. The fraction of sp³-hybridized carbons (Fsp3) is 0.667. The van der Waals surface area contributed by atoms with Crippen molar-refractivity contribution in [1.82, 2.24) is 14.8 Å². The van der Waals surface area contributed by atoms with Crippen molar-refractivity contribution in [2.24, 2.45) is 5.92 Å². The molecule has 172 valence electrons. The van der Waals surface area contributed by atoms with Gasteiger partial charge in [-0.3, -0.25) is 9.69 Å². The monoisotopic (exact) mass is 443 g/mol. The van der Waals surface area contributed by atoms with Crippen molar-refractivity contribution >= 4 is 11.9 Å². The van der Waals surface area contributed by atoms with Crippen LogP contribution in [-0.4, -0.2) is 82.9 Å². The summed E-state index contributed by atoms with van der Waals surface area (Å²) in [5, 5.41) is 7.12. The maximum atomic E-state index is 12.9. The molecule has 3 aliphatic rings. The van der Waals surface area contributed by atoms with Crippen molar-refractivity contribution in [1.29, 1.82) is 0 Å². The van der Waals surface area contributed by atoms with Gasteiger partial charge in [-0.1, -0.05) is 6.07 Å². The number of carbonyl (C=O) groups is 2. The molecular weight excluding hydrogens is 415 g/mol. The molecule has 0 radical (unpaired) electrons. The first-order valence-electron chi connectivity index (χ1n) is 10.5. The van der Waals surface area contributed by atoms with E-state index < -0.39 is 12.1 Å². The van der Waals surface area contributed by atoms with Gasteiger partial charge in [0.2, 0.25) is 0 Å². The molecule has 1 aromatic heterocycles. The fourth-order valence-corrected chi connectivity index (χ4v) is 4.62. The standard InChI is InChI=1S/C19H27N3O2.C2HF3O2/c1-14-3-2-4-16(20-14)19(23)22-10-6-17-18(22)5-9-21(17)13-15-7-11-24-12-8-15;3-2(4,5)1(6)7/h2-4,15,17-18H,5-13H2,1H3;(H,6,7)/t17-,18+;/m0./s1. The number of amides is 1. The Kier molecular flexibility index (Phi) is 7.53. The first-order valence-corrected chi connectivity index (χ1v) is 10.5.